The van der Waals surface area contributed by atoms with Crippen LogP contribution in [0.15, 0.2) is 0 Å². The van der Waals surface area contributed by atoms with E-state index in [1.807, 2.05) is 0 Å². The van der Waals surface area contributed by atoms with Crippen LogP contribution in [-0.4, -0.2) is 18.0 Å². The van der Waals surface area contributed by atoms with E-state index in [0.717, 1.165) is 0 Å². The molecule has 0 aliphatic carbocycles. The van der Waals surface area contributed by atoms with Crippen molar-refractivity contribution in [2.24, 2.45) is 0 Å². The normalized spacial score (nSPS) is 10.6. The van der Waals surface area contributed by atoms with Crippen molar-refractivity contribution in [3.8, 4) is 0 Å². The van der Waals surface area contributed by atoms with Crippen molar-refractivity contribution in [3.63, 3.8) is 0 Å². The third-order valence-corrected chi connectivity index (χ3v) is 1.41. The quantitative estimate of drug-likeness (QED) is 0.499. The molecule has 0 bridgehead atoms. The Hall–Kier alpha value is 0.0700. The van der Waals surface area contributed by atoms with Crippen molar-refractivity contribution < 1.29 is 22.1 Å². The van der Waals surface area contributed by atoms with Crippen LogP contribution in [0.25, 0.3) is 0 Å². The van der Waals surface area contributed by atoms with Gasteiger partial charge in [0.15, 0.2) is 0 Å². The van der Waals surface area contributed by atoms with Crippen molar-refractivity contribution in [2.75, 3.05) is 13.1 Å². The lowest BCUT2D eigenvalue weighted by Crippen LogP contribution is -2.15. The van der Waals surface area contributed by atoms with Crippen LogP contribution in [0.3, 0.4) is 0 Å². The Bertz CT molecular complexity index is 143. The molecule has 0 aliphatic rings. The highest BCUT2D eigenvalue weighted by Crippen LogP contribution is 2.11. The van der Waals surface area contributed by atoms with Crippen LogP contribution in [0.2, 0.25) is 0 Å². The summed E-state index contributed by atoms with van der Waals surface area (Å²) < 4.78 is 8.66. The fourth-order valence-electron chi connectivity index (χ4n) is 0.729. The van der Waals surface area contributed by atoms with Crippen LogP contribution in [0.5, 0.6) is 0 Å². The van der Waals surface area contributed by atoms with Crippen molar-refractivity contribution in [2.45, 2.75) is 39.5 Å². The molecule has 0 heterocycles. The summed E-state index contributed by atoms with van der Waals surface area (Å²) in [4.78, 5) is 24.3. The molecule has 0 aliphatic heterocycles. The third kappa shape index (κ3) is 40.1. The Morgan fingerprint density at radius 2 is 1.50 bits per heavy atom. The summed E-state index contributed by atoms with van der Waals surface area (Å²) in [5.41, 5.74) is 0. The fraction of sp³-hybridized carbons (Fsp3) is 1.00. The molecule has 14 heavy (non-hydrogen) atoms. The van der Waals surface area contributed by atoms with Gasteiger partial charge in [0.05, 0.1) is 7.82 Å². The van der Waals surface area contributed by atoms with Gasteiger partial charge in [-0.05, 0) is 25.9 Å². The maximum Gasteiger partial charge on any atom is 1.00 e. The number of rotatable bonds is 6. The van der Waals surface area contributed by atoms with E-state index in [9.17, 15) is 0 Å². The minimum Gasteiger partial charge on any atom is -0.790 e. The zero-order chi connectivity index (χ0) is 11.4. The van der Waals surface area contributed by atoms with Gasteiger partial charge in [0.2, 0.25) is 0 Å². The SMILES string of the molecule is CCCCNCCCC.O=P([O-])([O-])O.[H+].[H+]. The van der Waals surface area contributed by atoms with Crippen molar-refractivity contribution in [3.05, 3.63) is 0 Å². The van der Waals surface area contributed by atoms with Gasteiger partial charge in [-0.3, -0.25) is 0 Å². The minimum absolute atomic E-state index is 0. The lowest BCUT2D eigenvalue weighted by Gasteiger charge is -2.19. The number of hydrogen-bond donors (Lipinski definition) is 2. The molecule has 0 spiro atoms. The molecule has 6 heteroatoms. The van der Waals surface area contributed by atoms with Crippen molar-refractivity contribution >= 4 is 7.82 Å². The Kier molecular flexibility index (Phi) is 13.1. The van der Waals surface area contributed by atoms with E-state index in [-0.39, 0.29) is 2.85 Å². The highest BCUT2D eigenvalue weighted by molar-refractivity contribution is 7.42. The topological polar surface area (TPSA) is 95.5 Å². The molecule has 0 saturated heterocycles. The molecule has 0 radical (unpaired) electrons. The Balaban J connectivity index is -0.0000000904. The molecule has 5 nitrogen and oxygen atoms in total. The maximum atomic E-state index is 8.66. The van der Waals surface area contributed by atoms with Crippen LogP contribution < -0.4 is 15.1 Å². The van der Waals surface area contributed by atoms with Crippen LogP contribution in [-0.2, 0) is 4.57 Å². The van der Waals surface area contributed by atoms with E-state index in [1.54, 1.807) is 0 Å². The minimum atomic E-state index is -5.14. The second-order valence-electron chi connectivity index (χ2n) is 2.93. The maximum absolute atomic E-state index is 8.66. The van der Waals surface area contributed by atoms with Gasteiger partial charge in [0.1, 0.15) is 0 Å². The van der Waals surface area contributed by atoms with Gasteiger partial charge in [-0.25, -0.2) is 0 Å². The highest BCUT2D eigenvalue weighted by Gasteiger charge is 1.83. The summed E-state index contributed by atoms with van der Waals surface area (Å²) in [6.07, 6.45) is 5.26. The zero-order valence-corrected chi connectivity index (χ0v) is 9.76. The van der Waals surface area contributed by atoms with Gasteiger partial charge in [-0.2, -0.15) is 0 Å². The molecule has 0 aromatic carbocycles. The second-order valence-corrected chi connectivity index (χ2v) is 3.86. The molecule has 0 atom stereocenters. The average molecular weight is 227 g/mol. The first-order chi connectivity index (χ1) is 6.41. The standard InChI is InChI=1S/C8H19N.H3O4P/c1-3-5-7-9-8-6-4-2;1-5(2,3)4/h9H,3-8H2,1-2H3;(H3,1,2,3,4). The molecule has 0 aromatic rings. The molecule has 0 rings (SSSR count). The monoisotopic (exact) mass is 227 g/mol. The Morgan fingerprint density at radius 3 is 1.71 bits per heavy atom. The first-order valence-corrected chi connectivity index (χ1v) is 6.36. The van der Waals surface area contributed by atoms with E-state index < -0.39 is 7.82 Å². The van der Waals surface area contributed by atoms with Gasteiger partial charge in [0.25, 0.3) is 0 Å². The largest absolute Gasteiger partial charge is 1.00 e. The Labute approximate surface area is 88.8 Å². The third-order valence-electron chi connectivity index (χ3n) is 1.41. The molecular weight excluding hydrogens is 205 g/mol. The molecule has 0 saturated carbocycles. The van der Waals surface area contributed by atoms with Gasteiger partial charge >= 0.3 is 2.85 Å². The van der Waals surface area contributed by atoms with Crippen LogP contribution in [0.1, 0.15) is 42.4 Å². The Morgan fingerprint density at radius 1 is 1.21 bits per heavy atom. The van der Waals surface area contributed by atoms with Gasteiger partial charge < -0.3 is 24.6 Å². The first-order valence-electron chi connectivity index (χ1n) is 4.87. The van der Waals surface area contributed by atoms with Crippen LogP contribution >= 0.6 is 7.82 Å². The second kappa shape index (κ2) is 11.1. The number of unbranched alkanes of at least 4 members (excludes halogenated alkanes) is 2. The van der Waals surface area contributed by atoms with E-state index in [0.29, 0.717) is 0 Å². The molecule has 0 fully saturated rings. The zero-order valence-electron chi connectivity index (χ0n) is 10.9. The number of nitrogens with one attached hydrogen (secondary N) is 1. The summed E-state index contributed by atoms with van der Waals surface area (Å²) in [5, 5.41) is 3.39. The van der Waals surface area contributed by atoms with Gasteiger partial charge in [-0.1, -0.05) is 26.7 Å². The van der Waals surface area contributed by atoms with E-state index in [1.165, 1.54) is 38.8 Å². The summed E-state index contributed by atoms with van der Waals surface area (Å²) in [6, 6.07) is 0. The molecule has 88 valence electrons. The highest BCUT2D eigenvalue weighted by atomic mass is 31.2. The smallest absolute Gasteiger partial charge is 0.790 e. The lowest BCUT2D eigenvalue weighted by molar-refractivity contribution is -0.337. The van der Waals surface area contributed by atoms with Crippen molar-refractivity contribution in [1.29, 1.82) is 0 Å². The van der Waals surface area contributed by atoms with Gasteiger partial charge in [-0.15, -0.1) is 0 Å². The summed E-state index contributed by atoms with van der Waals surface area (Å²) in [5.74, 6) is 0. The molecular formula is C8H22NO4P. The number of phosphoric acid groups is 1. The fourth-order valence-corrected chi connectivity index (χ4v) is 0.729. The van der Waals surface area contributed by atoms with E-state index in [2.05, 4.69) is 19.2 Å². The molecule has 0 unspecified atom stereocenters. The predicted octanol–water partition coefficient (Wildman–Crippen LogP) is 0.209. The average Bonchev–Trinajstić information content (AvgIpc) is 2.01. The molecule has 0 aromatic heterocycles. The van der Waals surface area contributed by atoms with E-state index in [4.69, 9.17) is 19.2 Å². The first kappa shape index (κ1) is 16.5. The predicted molar refractivity (Wildman–Crippen MR) is 54.7 cm³/mol. The van der Waals surface area contributed by atoms with E-state index >= 15 is 0 Å². The summed E-state index contributed by atoms with van der Waals surface area (Å²) >= 11 is 0. The van der Waals surface area contributed by atoms with Crippen molar-refractivity contribution in [1.82, 2.24) is 5.32 Å². The van der Waals surface area contributed by atoms with Crippen LogP contribution in [0.4, 0.5) is 0 Å². The molecule has 0 amide bonds. The van der Waals surface area contributed by atoms with Crippen LogP contribution in [0, 0.1) is 0 Å². The number of hydrogen-bond acceptors (Lipinski definition) is 4. The lowest BCUT2D eigenvalue weighted by atomic mass is 10.3. The summed E-state index contributed by atoms with van der Waals surface area (Å²) in [6.45, 7) is 6.86. The molecule has 2 N–H and O–H groups in total. The summed E-state index contributed by atoms with van der Waals surface area (Å²) in [7, 11) is -5.14. The van der Waals surface area contributed by atoms with Gasteiger partial charge in [0, 0.05) is 0 Å².